The normalized spacial score (nSPS) is 34.0. The molecule has 2 aromatic carbocycles. The van der Waals surface area contributed by atoms with E-state index < -0.39 is 89.5 Å². The largest absolute Gasteiger partial charge is 0.482 e. The number of allylic oxidation sites excluding steroid dienone is 4. The Balaban J connectivity index is 1.13. The number of nitrogens with zero attached hydrogens (tertiary/aromatic N) is 2. The molecule has 77 heavy (non-hydrogen) atoms. The van der Waals surface area contributed by atoms with Crippen molar-refractivity contribution in [2.24, 2.45) is 17.8 Å². The summed E-state index contributed by atoms with van der Waals surface area (Å²) < 4.78 is 46.1. The maximum atomic E-state index is 16.8. The van der Waals surface area contributed by atoms with Crippen LogP contribution in [0.2, 0.25) is 0 Å². The molecular weight excluding hydrogens is 989 g/mol. The summed E-state index contributed by atoms with van der Waals surface area (Å²) in [5.74, 6) is -2.93. The highest BCUT2D eigenvalue weighted by molar-refractivity contribution is 6.11. The number of aliphatic hydroxyl groups excluding tert-OH is 4. The summed E-state index contributed by atoms with van der Waals surface area (Å²) in [6.07, 6.45) is 7.14. The molecule has 9 aliphatic rings. The third-order valence-corrected chi connectivity index (χ3v) is 17.5. The van der Waals surface area contributed by atoms with E-state index >= 15 is 9.59 Å². The van der Waals surface area contributed by atoms with E-state index in [4.69, 9.17) is 33.2 Å². The first-order valence-electron chi connectivity index (χ1n) is 27.6. The van der Waals surface area contributed by atoms with Gasteiger partial charge in [-0.2, -0.15) is 0 Å². The topological polar surface area (TPSA) is 220 Å². The lowest BCUT2D eigenvalue weighted by Crippen LogP contribution is -2.82. The number of ether oxygens (including phenoxy) is 7. The van der Waals surface area contributed by atoms with Crippen LogP contribution in [0.3, 0.4) is 0 Å². The summed E-state index contributed by atoms with van der Waals surface area (Å²) in [6, 6.07) is 5.14. The number of aliphatic hydroxyl groups is 4. The van der Waals surface area contributed by atoms with Crippen molar-refractivity contribution in [3.05, 3.63) is 87.5 Å². The van der Waals surface area contributed by atoms with Gasteiger partial charge in [-0.05, 0) is 137 Å². The van der Waals surface area contributed by atoms with Gasteiger partial charge in [0.1, 0.15) is 52.8 Å². The van der Waals surface area contributed by atoms with Gasteiger partial charge in [-0.1, -0.05) is 29.4 Å². The number of amides is 1. The number of hydrogen-bond acceptors (Lipinski definition) is 16. The molecule has 7 unspecified atom stereocenters. The molecule has 1 spiro atoms. The molecule has 4 saturated heterocycles. The van der Waals surface area contributed by atoms with Crippen molar-refractivity contribution in [3.63, 3.8) is 0 Å². The fourth-order valence-corrected chi connectivity index (χ4v) is 13.7. The first-order valence-corrected chi connectivity index (χ1v) is 27.6. The van der Waals surface area contributed by atoms with Crippen LogP contribution in [0, 0.1) is 17.8 Å². The SMILES string of the molecule is CC(C)=CCCC1(C)C=Cc2c(c(CC=C(C)C)c3c(c2OC(=O)c2ccc(O[C@@H]4O[C@H](CO)[C@@H](O)[C@@H](O)[C@H]4O)cc2)C(=O)C2C(N4CCOCC4)C4CC5C(C)(C)OC(C/C=C(/C)C(=O)N6CCCCC6)(C4=O)C25O3)O1. The number of likely N-dealkylation sites (tertiary alicyclic amines) is 1. The van der Waals surface area contributed by atoms with Crippen LogP contribution in [0.15, 0.2) is 65.3 Å². The number of morpholine rings is 1. The zero-order valence-corrected chi connectivity index (χ0v) is 45.7. The Hall–Kier alpha value is -5.24. The number of esters is 1. The van der Waals surface area contributed by atoms with E-state index in [9.17, 15) is 30.0 Å². The predicted octanol–water partition coefficient (Wildman–Crippen LogP) is 6.25. The molecule has 12 atom stereocenters. The van der Waals surface area contributed by atoms with Crippen LogP contribution in [0.1, 0.15) is 132 Å². The number of carbonyl (C=O) groups excluding carboxylic acids is 4. The van der Waals surface area contributed by atoms with Gasteiger partial charge in [-0.3, -0.25) is 19.3 Å². The molecule has 3 aliphatic carbocycles. The van der Waals surface area contributed by atoms with Crippen molar-refractivity contribution in [2.75, 3.05) is 46.0 Å². The summed E-state index contributed by atoms with van der Waals surface area (Å²) >= 11 is 0. The highest BCUT2D eigenvalue weighted by atomic mass is 16.7. The lowest BCUT2D eigenvalue weighted by atomic mass is 9.44. The molecule has 1 amide bonds. The number of ketones is 2. The standard InChI is InChI=1S/C60H76N2O15/c1-33(2)13-12-22-58(8)23-21-39-50(75-58)38(19-14-34(3)4)52-43(51(39)74-55(70)36-15-17-37(18-16-36)72-56-49(67)48(66)46(64)41(32-63)73-56)47(65)44-45(61-27-29-71-30-28-61)40-31-42-57(6,7)77-59(53(40)68,60(42,44)76-52)24-20-35(5)54(69)62-25-10-9-11-26-62/h13-18,20-21,23,40-42,44-46,48-49,56,63-64,66-67H,9-12,19,22,24-32H2,1-8H3/b35-20-/t40?,41-,42?,44?,45?,46-,48-,49-,56-,58?,59?,60?/m1/s1. The average Bonchev–Trinajstić information content (AvgIpc) is 3.77. The van der Waals surface area contributed by atoms with Crippen LogP contribution >= 0.6 is 0 Å². The monoisotopic (exact) mass is 1060 g/mol. The van der Waals surface area contributed by atoms with E-state index in [0.29, 0.717) is 81.1 Å². The summed E-state index contributed by atoms with van der Waals surface area (Å²) in [4.78, 5) is 65.6. The average molecular weight is 1070 g/mol. The second kappa shape index (κ2) is 21.1. The first-order chi connectivity index (χ1) is 36.6. The molecule has 0 aromatic heterocycles. The summed E-state index contributed by atoms with van der Waals surface area (Å²) in [5, 5.41) is 41.1. The molecule has 4 N–H and O–H groups in total. The van der Waals surface area contributed by atoms with E-state index in [1.54, 1.807) is 6.92 Å². The molecule has 4 bridgehead atoms. The third-order valence-electron chi connectivity index (χ3n) is 17.5. The third kappa shape index (κ3) is 9.49. The van der Waals surface area contributed by atoms with Crippen molar-refractivity contribution in [3.8, 4) is 23.0 Å². The Bertz CT molecular complexity index is 2780. The molecule has 0 radical (unpaired) electrons. The fourth-order valence-electron chi connectivity index (χ4n) is 13.7. The van der Waals surface area contributed by atoms with Gasteiger partial charge in [-0.15, -0.1) is 0 Å². The first kappa shape index (κ1) is 55.1. The number of fused-ring (bicyclic) bond motifs is 2. The van der Waals surface area contributed by atoms with E-state index in [0.717, 1.165) is 30.4 Å². The second-order valence-electron chi connectivity index (χ2n) is 23.6. The Labute approximate surface area is 450 Å². The zero-order valence-electron chi connectivity index (χ0n) is 45.7. The molecule has 6 heterocycles. The number of carbonyl (C=O) groups is 4. The maximum absolute atomic E-state index is 16.8. The van der Waals surface area contributed by atoms with Gasteiger partial charge in [0.2, 0.25) is 12.2 Å². The van der Waals surface area contributed by atoms with Gasteiger partial charge in [0, 0.05) is 61.6 Å². The van der Waals surface area contributed by atoms with Gasteiger partial charge in [0.15, 0.2) is 28.5 Å². The lowest BCUT2D eigenvalue weighted by molar-refractivity contribution is -0.277. The fraction of sp³-hybridized carbons (Fsp3) is 0.600. The van der Waals surface area contributed by atoms with Crippen LogP contribution < -0.4 is 18.9 Å². The van der Waals surface area contributed by atoms with Crippen LogP contribution in [0.5, 0.6) is 23.0 Å². The van der Waals surface area contributed by atoms with Crippen molar-refractivity contribution in [1.29, 1.82) is 0 Å². The van der Waals surface area contributed by atoms with Gasteiger partial charge in [0.05, 0.1) is 42.5 Å². The molecule has 17 nitrogen and oxygen atoms in total. The summed E-state index contributed by atoms with van der Waals surface area (Å²) in [7, 11) is 0. The number of piperidine rings is 1. The lowest BCUT2D eigenvalue weighted by Gasteiger charge is -2.64. The minimum atomic E-state index is -1.70. The molecular formula is C60H76N2O15. The van der Waals surface area contributed by atoms with Crippen LogP contribution in [-0.2, 0) is 30.2 Å². The highest BCUT2D eigenvalue weighted by Gasteiger charge is 2.86. The molecule has 3 saturated carbocycles. The summed E-state index contributed by atoms with van der Waals surface area (Å²) in [5.41, 5.74) is -1.38. The van der Waals surface area contributed by atoms with Gasteiger partial charge >= 0.3 is 5.97 Å². The molecule has 7 fully saturated rings. The highest BCUT2D eigenvalue weighted by Crippen LogP contribution is 2.71. The number of benzene rings is 2. The maximum Gasteiger partial charge on any atom is 0.343 e. The van der Waals surface area contributed by atoms with Crippen LogP contribution in [-0.4, -0.2) is 159 Å². The van der Waals surface area contributed by atoms with E-state index in [2.05, 4.69) is 11.0 Å². The van der Waals surface area contributed by atoms with Crippen molar-refractivity contribution in [1.82, 2.24) is 9.80 Å². The van der Waals surface area contributed by atoms with Crippen molar-refractivity contribution < 1.29 is 72.8 Å². The van der Waals surface area contributed by atoms with E-state index in [1.165, 1.54) is 24.3 Å². The Morgan fingerprint density at radius 2 is 1.55 bits per heavy atom. The van der Waals surface area contributed by atoms with Gasteiger partial charge in [-0.25, -0.2) is 4.79 Å². The smallest absolute Gasteiger partial charge is 0.343 e. The second-order valence-corrected chi connectivity index (χ2v) is 23.6. The number of Topliss-reactive ketones (excluding diaryl/α,β-unsaturated/α-hetero) is 2. The van der Waals surface area contributed by atoms with E-state index in [-0.39, 0.29) is 58.7 Å². The predicted molar refractivity (Wildman–Crippen MR) is 283 cm³/mol. The Kier molecular flexibility index (Phi) is 15.1. The van der Waals surface area contributed by atoms with Crippen molar-refractivity contribution in [2.45, 2.75) is 166 Å². The summed E-state index contributed by atoms with van der Waals surface area (Å²) in [6.45, 7) is 18.2. The van der Waals surface area contributed by atoms with Gasteiger partial charge < -0.3 is 58.5 Å². The number of rotatable bonds is 14. The van der Waals surface area contributed by atoms with Crippen molar-refractivity contribution >= 4 is 29.5 Å². The van der Waals surface area contributed by atoms with Crippen LogP contribution in [0.25, 0.3) is 6.08 Å². The molecule has 416 valence electrons. The minimum absolute atomic E-state index is 0.00350. The van der Waals surface area contributed by atoms with Crippen LogP contribution in [0.4, 0.5) is 0 Å². The molecule has 17 heteroatoms. The van der Waals surface area contributed by atoms with E-state index in [1.807, 2.05) is 77.7 Å². The molecule has 11 rings (SSSR count). The van der Waals surface area contributed by atoms with Gasteiger partial charge in [0.25, 0.3) is 0 Å². The quantitative estimate of drug-likeness (QED) is 0.0711. The minimum Gasteiger partial charge on any atom is -0.482 e. The molecule has 6 aliphatic heterocycles. The Morgan fingerprint density at radius 3 is 2.22 bits per heavy atom. The molecule has 2 aromatic rings. The zero-order chi connectivity index (χ0) is 54.9. The number of hydrogen-bond donors (Lipinski definition) is 4. The Morgan fingerprint density at radius 1 is 0.844 bits per heavy atom.